The first-order chi connectivity index (χ1) is 9.27. The molecule has 3 N–H and O–H groups in total. The molecule has 0 radical (unpaired) electrons. The van der Waals surface area contributed by atoms with E-state index in [0.29, 0.717) is 6.54 Å². The van der Waals surface area contributed by atoms with Gasteiger partial charge in [0.05, 0.1) is 6.04 Å². The third kappa shape index (κ3) is 3.07. The largest absolute Gasteiger partial charge is 0.338 e. The van der Waals surface area contributed by atoms with Gasteiger partial charge in [-0.05, 0) is 24.0 Å². The number of urea groups is 1. The van der Waals surface area contributed by atoms with Crippen molar-refractivity contribution in [2.45, 2.75) is 32.2 Å². The molecule has 1 atom stereocenters. The minimum atomic E-state index is 0.00609. The summed E-state index contributed by atoms with van der Waals surface area (Å²) in [4.78, 5) is 14.1. The van der Waals surface area contributed by atoms with Crippen LogP contribution in [0.1, 0.15) is 36.9 Å². The third-order valence-corrected chi connectivity index (χ3v) is 3.70. The second-order valence-corrected chi connectivity index (χ2v) is 4.98. The number of hydrogen-bond acceptors (Lipinski definition) is 2. The fourth-order valence-corrected chi connectivity index (χ4v) is 2.62. The molecule has 19 heavy (non-hydrogen) atoms. The Bertz CT molecular complexity index is 433. The standard InChI is InChI=1S/C15H23N3O/c1-2-3-9-17-15(19)18-10-8-12-6-4-5-7-13(12)14(18)11-16/h4-7,14H,2-3,8-11,16H2,1H3,(H,17,19). The van der Waals surface area contributed by atoms with Crippen LogP contribution in [0.5, 0.6) is 0 Å². The third-order valence-electron chi connectivity index (χ3n) is 3.70. The van der Waals surface area contributed by atoms with E-state index in [0.717, 1.165) is 32.4 Å². The molecule has 0 bridgehead atoms. The summed E-state index contributed by atoms with van der Waals surface area (Å²) in [6.45, 7) is 4.08. The lowest BCUT2D eigenvalue weighted by Crippen LogP contribution is -2.48. The number of fused-ring (bicyclic) bond motifs is 1. The molecule has 0 fully saturated rings. The van der Waals surface area contributed by atoms with Crippen LogP contribution in [0.3, 0.4) is 0 Å². The Labute approximate surface area is 115 Å². The van der Waals surface area contributed by atoms with Gasteiger partial charge in [0, 0.05) is 19.6 Å². The summed E-state index contributed by atoms with van der Waals surface area (Å²) < 4.78 is 0. The molecule has 1 aliphatic heterocycles. The maximum absolute atomic E-state index is 12.2. The van der Waals surface area contributed by atoms with Crippen molar-refractivity contribution in [3.8, 4) is 0 Å². The van der Waals surface area contributed by atoms with Crippen LogP contribution in [0.4, 0.5) is 4.79 Å². The Kier molecular flexibility index (Phi) is 4.80. The van der Waals surface area contributed by atoms with Gasteiger partial charge >= 0.3 is 6.03 Å². The van der Waals surface area contributed by atoms with E-state index >= 15 is 0 Å². The minimum Gasteiger partial charge on any atom is -0.338 e. The van der Waals surface area contributed by atoms with Crippen molar-refractivity contribution in [2.75, 3.05) is 19.6 Å². The van der Waals surface area contributed by atoms with Crippen LogP contribution in [-0.2, 0) is 6.42 Å². The summed E-state index contributed by atoms with van der Waals surface area (Å²) in [5.41, 5.74) is 8.39. The zero-order chi connectivity index (χ0) is 13.7. The van der Waals surface area contributed by atoms with Crippen molar-refractivity contribution in [3.05, 3.63) is 35.4 Å². The van der Waals surface area contributed by atoms with Crippen LogP contribution in [0.25, 0.3) is 0 Å². The second kappa shape index (κ2) is 6.57. The Morgan fingerprint density at radius 3 is 3.00 bits per heavy atom. The topological polar surface area (TPSA) is 58.4 Å². The molecule has 4 nitrogen and oxygen atoms in total. The highest BCUT2D eigenvalue weighted by Gasteiger charge is 2.29. The molecular weight excluding hydrogens is 238 g/mol. The van der Waals surface area contributed by atoms with Crippen LogP contribution in [0, 0.1) is 0 Å². The summed E-state index contributed by atoms with van der Waals surface area (Å²) >= 11 is 0. The van der Waals surface area contributed by atoms with Gasteiger partial charge in [-0.15, -0.1) is 0 Å². The summed E-state index contributed by atoms with van der Waals surface area (Å²) in [5, 5.41) is 2.98. The van der Waals surface area contributed by atoms with E-state index < -0.39 is 0 Å². The molecule has 4 heteroatoms. The molecule has 104 valence electrons. The van der Waals surface area contributed by atoms with Gasteiger partial charge < -0.3 is 16.0 Å². The molecule has 0 saturated carbocycles. The summed E-state index contributed by atoms with van der Waals surface area (Å²) in [6.07, 6.45) is 3.01. The number of unbranched alkanes of at least 4 members (excludes halogenated alkanes) is 1. The van der Waals surface area contributed by atoms with Crippen LogP contribution in [0.2, 0.25) is 0 Å². The molecule has 0 saturated heterocycles. The quantitative estimate of drug-likeness (QED) is 0.815. The SMILES string of the molecule is CCCCNC(=O)N1CCc2ccccc2C1CN. The van der Waals surface area contributed by atoms with E-state index in [2.05, 4.69) is 24.4 Å². The first-order valence-electron chi connectivity index (χ1n) is 7.10. The summed E-state index contributed by atoms with van der Waals surface area (Å²) in [6, 6.07) is 8.29. The average molecular weight is 261 g/mol. The molecule has 1 aromatic rings. The molecule has 2 amide bonds. The Morgan fingerprint density at radius 2 is 2.26 bits per heavy atom. The molecule has 0 aromatic heterocycles. The first-order valence-corrected chi connectivity index (χ1v) is 7.10. The van der Waals surface area contributed by atoms with Crippen molar-refractivity contribution in [1.29, 1.82) is 0 Å². The zero-order valence-electron chi connectivity index (χ0n) is 11.6. The number of nitrogens with zero attached hydrogens (tertiary/aromatic N) is 1. The highest BCUT2D eigenvalue weighted by atomic mass is 16.2. The van der Waals surface area contributed by atoms with E-state index in [1.165, 1.54) is 11.1 Å². The van der Waals surface area contributed by atoms with Crippen molar-refractivity contribution >= 4 is 6.03 Å². The lowest BCUT2D eigenvalue weighted by molar-refractivity contribution is 0.171. The molecule has 1 unspecified atom stereocenters. The minimum absolute atomic E-state index is 0.00609. The van der Waals surface area contributed by atoms with E-state index in [1.54, 1.807) is 0 Å². The van der Waals surface area contributed by atoms with Crippen molar-refractivity contribution in [1.82, 2.24) is 10.2 Å². The van der Waals surface area contributed by atoms with E-state index in [4.69, 9.17) is 5.73 Å². The number of nitrogens with two attached hydrogens (primary N) is 1. The predicted molar refractivity (Wildman–Crippen MR) is 77.0 cm³/mol. The highest BCUT2D eigenvalue weighted by Crippen LogP contribution is 2.28. The molecule has 0 aliphatic carbocycles. The molecule has 1 aliphatic rings. The van der Waals surface area contributed by atoms with Crippen LogP contribution in [0.15, 0.2) is 24.3 Å². The smallest absolute Gasteiger partial charge is 0.317 e. The van der Waals surface area contributed by atoms with Gasteiger partial charge in [-0.25, -0.2) is 4.79 Å². The molecular formula is C15H23N3O. The van der Waals surface area contributed by atoms with Crippen LogP contribution >= 0.6 is 0 Å². The Hall–Kier alpha value is -1.55. The maximum atomic E-state index is 12.2. The highest BCUT2D eigenvalue weighted by molar-refractivity contribution is 5.75. The average Bonchev–Trinajstić information content (AvgIpc) is 2.46. The van der Waals surface area contributed by atoms with Crippen molar-refractivity contribution < 1.29 is 4.79 Å². The van der Waals surface area contributed by atoms with Crippen molar-refractivity contribution in [3.63, 3.8) is 0 Å². The number of hydrogen-bond donors (Lipinski definition) is 2. The van der Waals surface area contributed by atoms with Gasteiger partial charge in [0.2, 0.25) is 0 Å². The lowest BCUT2D eigenvalue weighted by Gasteiger charge is -2.36. The molecule has 0 spiro atoms. The maximum Gasteiger partial charge on any atom is 0.317 e. The molecule has 1 heterocycles. The van der Waals surface area contributed by atoms with Gasteiger partial charge in [0.1, 0.15) is 0 Å². The zero-order valence-corrected chi connectivity index (χ0v) is 11.6. The first kappa shape index (κ1) is 13.9. The molecule has 1 aromatic carbocycles. The van der Waals surface area contributed by atoms with E-state index in [9.17, 15) is 4.79 Å². The van der Waals surface area contributed by atoms with E-state index in [1.807, 2.05) is 17.0 Å². The lowest BCUT2D eigenvalue weighted by atomic mass is 9.93. The van der Waals surface area contributed by atoms with Crippen molar-refractivity contribution in [2.24, 2.45) is 5.73 Å². The fraction of sp³-hybridized carbons (Fsp3) is 0.533. The number of carbonyl (C=O) groups is 1. The van der Waals surface area contributed by atoms with Crippen LogP contribution in [-0.4, -0.2) is 30.6 Å². The number of carbonyl (C=O) groups excluding carboxylic acids is 1. The van der Waals surface area contributed by atoms with E-state index in [-0.39, 0.29) is 12.1 Å². The fourth-order valence-electron chi connectivity index (χ4n) is 2.62. The summed E-state index contributed by atoms with van der Waals surface area (Å²) in [5.74, 6) is 0. The second-order valence-electron chi connectivity index (χ2n) is 4.98. The van der Waals surface area contributed by atoms with Gasteiger partial charge in [-0.1, -0.05) is 37.6 Å². The Morgan fingerprint density at radius 1 is 1.47 bits per heavy atom. The predicted octanol–water partition coefficient (Wildman–Crippen LogP) is 2.05. The summed E-state index contributed by atoms with van der Waals surface area (Å²) in [7, 11) is 0. The van der Waals surface area contributed by atoms with Crippen LogP contribution < -0.4 is 11.1 Å². The Balaban J connectivity index is 2.09. The number of amides is 2. The molecule has 2 rings (SSSR count). The number of benzene rings is 1. The number of rotatable bonds is 4. The number of nitrogens with one attached hydrogen (secondary N) is 1. The van der Waals surface area contributed by atoms with Gasteiger partial charge in [-0.3, -0.25) is 0 Å². The normalized spacial score (nSPS) is 18.0. The van der Waals surface area contributed by atoms with Gasteiger partial charge in [0.15, 0.2) is 0 Å². The monoisotopic (exact) mass is 261 g/mol. The van der Waals surface area contributed by atoms with Gasteiger partial charge in [0.25, 0.3) is 0 Å². The van der Waals surface area contributed by atoms with Gasteiger partial charge in [-0.2, -0.15) is 0 Å².